The lowest BCUT2D eigenvalue weighted by Crippen LogP contribution is -2.23. The van der Waals surface area contributed by atoms with Crippen molar-refractivity contribution in [1.29, 1.82) is 5.26 Å². The largest absolute Gasteiger partial charge is 0.497 e. The van der Waals surface area contributed by atoms with Gasteiger partial charge in [0.25, 0.3) is 0 Å². The highest BCUT2D eigenvalue weighted by Crippen LogP contribution is 2.33. The van der Waals surface area contributed by atoms with Gasteiger partial charge >= 0.3 is 0 Å². The molecule has 0 aromatic heterocycles. The highest BCUT2D eigenvalue weighted by molar-refractivity contribution is 5.39. The van der Waals surface area contributed by atoms with E-state index in [0.29, 0.717) is 13.2 Å². The number of nitrogens with zero attached hydrogens (tertiary/aromatic N) is 1. The first-order valence-electron chi connectivity index (χ1n) is 4.94. The van der Waals surface area contributed by atoms with E-state index in [-0.39, 0.29) is 0 Å². The number of rotatable bonds is 2. The van der Waals surface area contributed by atoms with Crippen LogP contribution in [0.1, 0.15) is 12.0 Å². The van der Waals surface area contributed by atoms with E-state index in [1.165, 1.54) is 0 Å². The van der Waals surface area contributed by atoms with Crippen molar-refractivity contribution in [3.05, 3.63) is 29.8 Å². The highest BCUT2D eigenvalue weighted by Gasteiger charge is 2.37. The number of hydrogen-bond donors (Lipinski definition) is 0. The maximum Gasteiger partial charge on any atom is 0.119 e. The van der Waals surface area contributed by atoms with Gasteiger partial charge < -0.3 is 9.47 Å². The number of nitriles is 1. The Morgan fingerprint density at radius 2 is 2.40 bits per heavy atom. The van der Waals surface area contributed by atoms with Crippen molar-refractivity contribution < 1.29 is 9.47 Å². The summed E-state index contributed by atoms with van der Waals surface area (Å²) >= 11 is 0. The fourth-order valence-electron chi connectivity index (χ4n) is 1.87. The second-order valence-corrected chi connectivity index (χ2v) is 3.73. The third-order valence-electron chi connectivity index (χ3n) is 2.86. The summed E-state index contributed by atoms with van der Waals surface area (Å²) in [6.45, 7) is 1.14. The minimum atomic E-state index is -0.478. The van der Waals surface area contributed by atoms with E-state index in [2.05, 4.69) is 6.07 Å². The van der Waals surface area contributed by atoms with Crippen LogP contribution in [0.25, 0.3) is 0 Å². The van der Waals surface area contributed by atoms with E-state index in [9.17, 15) is 5.26 Å². The summed E-state index contributed by atoms with van der Waals surface area (Å²) in [7, 11) is 1.63. The minimum Gasteiger partial charge on any atom is -0.497 e. The third-order valence-corrected chi connectivity index (χ3v) is 2.86. The summed E-state index contributed by atoms with van der Waals surface area (Å²) in [5.41, 5.74) is 0.510. The van der Waals surface area contributed by atoms with Crippen molar-refractivity contribution >= 4 is 0 Å². The van der Waals surface area contributed by atoms with Gasteiger partial charge in [-0.3, -0.25) is 0 Å². The predicted octanol–water partition coefficient (Wildman–Crippen LogP) is 1.88. The average Bonchev–Trinajstić information content (AvgIpc) is 2.79. The Bertz CT molecular complexity index is 389. The van der Waals surface area contributed by atoms with Crippen LogP contribution in [-0.4, -0.2) is 20.3 Å². The first kappa shape index (κ1) is 10.0. The molecule has 78 valence electrons. The van der Waals surface area contributed by atoms with Crippen molar-refractivity contribution in [2.24, 2.45) is 0 Å². The van der Waals surface area contributed by atoms with Crippen LogP contribution in [0.3, 0.4) is 0 Å². The van der Waals surface area contributed by atoms with Gasteiger partial charge in [0.05, 0.1) is 19.8 Å². The van der Waals surface area contributed by atoms with Crippen LogP contribution in [-0.2, 0) is 10.2 Å². The molecule has 1 aromatic carbocycles. The molecule has 0 amide bonds. The molecule has 1 aliphatic heterocycles. The van der Waals surface area contributed by atoms with Crippen LogP contribution < -0.4 is 4.74 Å². The van der Waals surface area contributed by atoms with E-state index in [4.69, 9.17) is 9.47 Å². The molecule has 1 aliphatic rings. The van der Waals surface area contributed by atoms with Gasteiger partial charge in [0.15, 0.2) is 0 Å². The Balaban J connectivity index is 2.39. The fourth-order valence-corrected chi connectivity index (χ4v) is 1.87. The molecule has 0 radical (unpaired) electrons. The Hall–Kier alpha value is -1.53. The van der Waals surface area contributed by atoms with E-state index in [1.807, 2.05) is 24.3 Å². The fraction of sp³-hybridized carbons (Fsp3) is 0.417. The standard InChI is InChI=1S/C12H13NO2/c1-14-11-4-2-3-10(7-11)12(8-13)5-6-15-9-12/h2-4,7H,5-6,9H2,1H3/t12-/m0/s1. The molecule has 0 unspecified atom stereocenters. The first-order valence-corrected chi connectivity index (χ1v) is 4.94. The van der Waals surface area contributed by atoms with Gasteiger partial charge in [0.2, 0.25) is 0 Å². The minimum absolute atomic E-state index is 0.478. The highest BCUT2D eigenvalue weighted by atomic mass is 16.5. The van der Waals surface area contributed by atoms with Gasteiger partial charge in [-0.15, -0.1) is 0 Å². The second-order valence-electron chi connectivity index (χ2n) is 3.73. The number of methoxy groups -OCH3 is 1. The molecule has 2 rings (SSSR count). The molecule has 3 heteroatoms. The Kier molecular flexibility index (Phi) is 2.61. The molecule has 0 aliphatic carbocycles. The maximum atomic E-state index is 9.26. The monoisotopic (exact) mass is 203 g/mol. The molecule has 1 atom stereocenters. The topological polar surface area (TPSA) is 42.2 Å². The van der Waals surface area contributed by atoms with Crippen molar-refractivity contribution in [1.82, 2.24) is 0 Å². The third kappa shape index (κ3) is 1.69. The van der Waals surface area contributed by atoms with Crippen LogP contribution in [0.15, 0.2) is 24.3 Å². The lowest BCUT2D eigenvalue weighted by Gasteiger charge is -2.19. The van der Waals surface area contributed by atoms with Crippen LogP contribution in [0.2, 0.25) is 0 Å². The zero-order chi connectivity index (χ0) is 10.7. The maximum absolute atomic E-state index is 9.26. The van der Waals surface area contributed by atoms with Gasteiger partial charge in [-0.05, 0) is 24.1 Å². The summed E-state index contributed by atoms with van der Waals surface area (Å²) in [4.78, 5) is 0. The van der Waals surface area contributed by atoms with Gasteiger partial charge in [0, 0.05) is 6.61 Å². The lowest BCUT2D eigenvalue weighted by molar-refractivity contribution is 0.186. The Morgan fingerprint density at radius 1 is 1.53 bits per heavy atom. The summed E-state index contributed by atoms with van der Waals surface area (Å²) in [6.07, 6.45) is 0.761. The van der Waals surface area contributed by atoms with E-state index in [0.717, 1.165) is 17.7 Å². The summed E-state index contributed by atoms with van der Waals surface area (Å²) in [5, 5.41) is 9.26. The zero-order valence-corrected chi connectivity index (χ0v) is 8.69. The molecule has 3 nitrogen and oxygen atoms in total. The van der Waals surface area contributed by atoms with Crippen LogP contribution >= 0.6 is 0 Å². The van der Waals surface area contributed by atoms with Crippen LogP contribution in [0, 0.1) is 11.3 Å². The number of hydrogen-bond acceptors (Lipinski definition) is 3. The normalized spacial score (nSPS) is 24.8. The van der Waals surface area contributed by atoms with Crippen molar-refractivity contribution in [3.63, 3.8) is 0 Å². The Morgan fingerprint density at radius 3 is 3.00 bits per heavy atom. The number of benzene rings is 1. The van der Waals surface area contributed by atoms with E-state index in [1.54, 1.807) is 7.11 Å². The van der Waals surface area contributed by atoms with Gasteiger partial charge in [-0.2, -0.15) is 5.26 Å². The Labute approximate surface area is 89.2 Å². The van der Waals surface area contributed by atoms with Crippen molar-refractivity contribution in [2.45, 2.75) is 11.8 Å². The molecule has 0 N–H and O–H groups in total. The summed E-state index contributed by atoms with van der Waals surface area (Å²) < 4.78 is 10.5. The first-order chi connectivity index (χ1) is 7.30. The van der Waals surface area contributed by atoms with Gasteiger partial charge in [-0.1, -0.05) is 12.1 Å². The zero-order valence-electron chi connectivity index (χ0n) is 8.69. The van der Waals surface area contributed by atoms with Gasteiger partial charge in [-0.25, -0.2) is 0 Å². The molecular weight excluding hydrogens is 190 g/mol. The quantitative estimate of drug-likeness (QED) is 0.737. The SMILES string of the molecule is COc1cccc([C@]2(C#N)CCOC2)c1. The smallest absolute Gasteiger partial charge is 0.119 e. The molecule has 1 fully saturated rings. The molecule has 1 heterocycles. The molecular formula is C12H13NO2. The second kappa shape index (κ2) is 3.92. The van der Waals surface area contributed by atoms with Crippen LogP contribution in [0.4, 0.5) is 0 Å². The van der Waals surface area contributed by atoms with Crippen molar-refractivity contribution in [3.8, 4) is 11.8 Å². The van der Waals surface area contributed by atoms with Crippen LogP contribution in [0.5, 0.6) is 5.75 Å². The summed E-state index contributed by atoms with van der Waals surface area (Å²) in [6, 6.07) is 10.0. The molecule has 0 bridgehead atoms. The number of ether oxygens (including phenoxy) is 2. The molecule has 0 spiro atoms. The molecule has 1 saturated heterocycles. The van der Waals surface area contributed by atoms with E-state index >= 15 is 0 Å². The average molecular weight is 203 g/mol. The molecule has 0 saturated carbocycles. The van der Waals surface area contributed by atoms with Gasteiger partial charge in [0.1, 0.15) is 11.2 Å². The van der Waals surface area contributed by atoms with Crippen molar-refractivity contribution in [2.75, 3.05) is 20.3 Å². The molecule has 15 heavy (non-hydrogen) atoms. The summed E-state index contributed by atoms with van der Waals surface area (Å²) in [5.74, 6) is 0.786. The van der Waals surface area contributed by atoms with E-state index < -0.39 is 5.41 Å². The lowest BCUT2D eigenvalue weighted by atomic mass is 9.81. The predicted molar refractivity (Wildman–Crippen MR) is 55.7 cm³/mol. The molecule has 1 aromatic rings.